The summed E-state index contributed by atoms with van der Waals surface area (Å²) in [5, 5.41) is 3.28. The van der Waals surface area contributed by atoms with E-state index in [2.05, 4.69) is 10.3 Å². The van der Waals surface area contributed by atoms with Gasteiger partial charge in [-0.2, -0.15) is 13.2 Å². The van der Waals surface area contributed by atoms with Crippen LogP contribution < -0.4 is 5.32 Å². The lowest BCUT2D eigenvalue weighted by Gasteiger charge is -2.20. The quantitative estimate of drug-likeness (QED) is 0.840. The van der Waals surface area contributed by atoms with E-state index >= 15 is 0 Å². The molecule has 0 spiro atoms. The molecule has 1 heterocycles. The lowest BCUT2D eigenvalue weighted by molar-refractivity contribution is -0.135. The van der Waals surface area contributed by atoms with Crippen molar-refractivity contribution in [3.63, 3.8) is 0 Å². The van der Waals surface area contributed by atoms with Crippen LogP contribution in [0.1, 0.15) is 44.7 Å². The Bertz CT molecular complexity index is 338. The van der Waals surface area contributed by atoms with E-state index < -0.39 is 12.6 Å². The first-order chi connectivity index (χ1) is 8.38. The maximum Gasteiger partial charge on any atom is 0.389 e. The van der Waals surface area contributed by atoms with E-state index in [4.69, 9.17) is 0 Å². The molecule has 0 aliphatic carbocycles. The number of nitrogens with zero attached hydrogens (tertiary/aromatic N) is 1. The van der Waals surface area contributed by atoms with Crippen LogP contribution in [0, 0.1) is 0 Å². The number of pyridine rings is 1. The fourth-order valence-electron chi connectivity index (χ4n) is 1.85. The number of hydrogen-bond donors (Lipinski definition) is 1. The Morgan fingerprint density at radius 3 is 2.61 bits per heavy atom. The van der Waals surface area contributed by atoms with E-state index in [0.29, 0.717) is 6.42 Å². The van der Waals surface area contributed by atoms with Gasteiger partial charge in [0.1, 0.15) is 0 Å². The van der Waals surface area contributed by atoms with Gasteiger partial charge in [-0.05, 0) is 38.3 Å². The van der Waals surface area contributed by atoms with Crippen molar-refractivity contribution in [3.05, 3.63) is 30.1 Å². The molecule has 2 atom stereocenters. The van der Waals surface area contributed by atoms with Crippen LogP contribution in [0.3, 0.4) is 0 Å². The first kappa shape index (κ1) is 15.0. The summed E-state index contributed by atoms with van der Waals surface area (Å²) < 4.78 is 36.0. The van der Waals surface area contributed by atoms with E-state index in [1.165, 1.54) is 0 Å². The monoisotopic (exact) mass is 260 g/mol. The average Bonchev–Trinajstić information content (AvgIpc) is 2.28. The molecule has 102 valence electrons. The molecule has 0 radical (unpaired) electrons. The van der Waals surface area contributed by atoms with Gasteiger partial charge >= 0.3 is 6.18 Å². The van der Waals surface area contributed by atoms with Gasteiger partial charge in [-0.15, -0.1) is 0 Å². The highest BCUT2D eigenvalue weighted by Gasteiger charge is 2.26. The number of hydrogen-bond acceptors (Lipinski definition) is 2. The number of nitrogens with one attached hydrogen (secondary N) is 1. The van der Waals surface area contributed by atoms with Gasteiger partial charge in [-0.3, -0.25) is 4.98 Å². The lowest BCUT2D eigenvalue weighted by Crippen LogP contribution is -2.29. The summed E-state index contributed by atoms with van der Waals surface area (Å²) in [7, 11) is 0. The van der Waals surface area contributed by atoms with Gasteiger partial charge in [0.25, 0.3) is 0 Å². The Hall–Kier alpha value is -1.10. The molecule has 2 nitrogen and oxygen atoms in total. The topological polar surface area (TPSA) is 24.9 Å². The molecular formula is C13H19F3N2. The highest BCUT2D eigenvalue weighted by Crippen LogP contribution is 2.23. The maximum absolute atomic E-state index is 12.0. The first-order valence-electron chi connectivity index (χ1n) is 6.11. The van der Waals surface area contributed by atoms with Crippen molar-refractivity contribution in [2.75, 3.05) is 0 Å². The van der Waals surface area contributed by atoms with Gasteiger partial charge in [0, 0.05) is 30.9 Å². The van der Waals surface area contributed by atoms with E-state index in [9.17, 15) is 13.2 Å². The van der Waals surface area contributed by atoms with Crippen LogP contribution in [0.4, 0.5) is 13.2 Å². The van der Waals surface area contributed by atoms with Crippen LogP contribution in [0.5, 0.6) is 0 Å². The Morgan fingerprint density at radius 2 is 2.06 bits per heavy atom. The molecule has 0 amide bonds. The second-order valence-corrected chi connectivity index (χ2v) is 4.58. The summed E-state index contributed by atoms with van der Waals surface area (Å²) in [4.78, 5) is 4.02. The van der Waals surface area contributed by atoms with Crippen LogP contribution in [0.2, 0.25) is 0 Å². The fraction of sp³-hybridized carbons (Fsp3) is 0.615. The van der Waals surface area contributed by atoms with E-state index in [0.717, 1.165) is 5.56 Å². The Labute approximate surface area is 106 Å². The second-order valence-electron chi connectivity index (χ2n) is 4.58. The Morgan fingerprint density at radius 1 is 1.33 bits per heavy atom. The third kappa shape index (κ3) is 6.00. The zero-order chi connectivity index (χ0) is 13.6. The fourth-order valence-corrected chi connectivity index (χ4v) is 1.85. The molecule has 1 aromatic heterocycles. The highest BCUT2D eigenvalue weighted by molar-refractivity contribution is 5.12. The molecule has 2 unspecified atom stereocenters. The van der Waals surface area contributed by atoms with Crippen LogP contribution in [0.25, 0.3) is 0 Å². The van der Waals surface area contributed by atoms with Crippen molar-refractivity contribution in [2.24, 2.45) is 0 Å². The Balaban J connectivity index is 2.30. The molecule has 0 aliphatic rings. The van der Waals surface area contributed by atoms with E-state index in [1.807, 2.05) is 26.0 Å². The molecule has 0 bridgehead atoms. The standard InChI is InChI=1S/C13H19F3N2/c1-10(5-3-7-13(14,15)16)18-11(2)12-6-4-8-17-9-12/h4,6,8-11,18H,3,5,7H2,1-2H3. The normalized spacial score (nSPS) is 15.4. The molecule has 0 saturated heterocycles. The summed E-state index contributed by atoms with van der Waals surface area (Å²) in [5.74, 6) is 0. The highest BCUT2D eigenvalue weighted by atomic mass is 19.4. The van der Waals surface area contributed by atoms with Gasteiger partial charge in [0.2, 0.25) is 0 Å². The zero-order valence-corrected chi connectivity index (χ0v) is 10.7. The predicted molar refractivity (Wildman–Crippen MR) is 65.2 cm³/mol. The zero-order valence-electron chi connectivity index (χ0n) is 10.7. The van der Waals surface area contributed by atoms with Gasteiger partial charge in [0.15, 0.2) is 0 Å². The molecule has 0 saturated carbocycles. The minimum Gasteiger partial charge on any atom is -0.308 e. The SMILES string of the molecule is CC(CCCC(F)(F)F)NC(C)c1cccnc1. The summed E-state index contributed by atoms with van der Waals surface area (Å²) in [6.45, 7) is 3.89. The van der Waals surface area contributed by atoms with Gasteiger partial charge in [-0.25, -0.2) is 0 Å². The largest absolute Gasteiger partial charge is 0.389 e. The van der Waals surface area contributed by atoms with Gasteiger partial charge in [-0.1, -0.05) is 6.07 Å². The van der Waals surface area contributed by atoms with Crippen LogP contribution >= 0.6 is 0 Å². The predicted octanol–water partition coefficient (Wildman–Crippen LogP) is 3.85. The van der Waals surface area contributed by atoms with Crippen LogP contribution in [-0.2, 0) is 0 Å². The van der Waals surface area contributed by atoms with Gasteiger partial charge < -0.3 is 5.32 Å². The van der Waals surface area contributed by atoms with E-state index in [1.54, 1.807) is 12.4 Å². The molecule has 1 aromatic rings. The summed E-state index contributed by atoms with van der Waals surface area (Å²) in [6.07, 6.45) is -0.612. The molecule has 1 N–H and O–H groups in total. The minimum atomic E-state index is -4.05. The number of rotatable bonds is 6. The van der Waals surface area contributed by atoms with Crippen molar-refractivity contribution < 1.29 is 13.2 Å². The number of halogens is 3. The second kappa shape index (κ2) is 6.73. The van der Waals surface area contributed by atoms with Crippen molar-refractivity contribution >= 4 is 0 Å². The average molecular weight is 260 g/mol. The van der Waals surface area contributed by atoms with Crippen molar-refractivity contribution in [3.8, 4) is 0 Å². The van der Waals surface area contributed by atoms with Crippen molar-refractivity contribution in [2.45, 2.75) is 51.4 Å². The number of aromatic nitrogens is 1. The molecular weight excluding hydrogens is 241 g/mol. The van der Waals surface area contributed by atoms with Crippen molar-refractivity contribution in [1.82, 2.24) is 10.3 Å². The lowest BCUT2D eigenvalue weighted by atomic mass is 10.1. The molecule has 0 fully saturated rings. The summed E-state index contributed by atoms with van der Waals surface area (Å²) >= 11 is 0. The van der Waals surface area contributed by atoms with Crippen LogP contribution in [0.15, 0.2) is 24.5 Å². The smallest absolute Gasteiger partial charge is 0.308 e. The van der Waals surface area contributed by atoms with Crippen molar-refractivity contribution in [1.29, 1.82) is 0 Å². The third-order valence-corrected chi connectivity index (χ3v) is 2.82. The summed E-state index contributed by atoms with van der Waals surface area (Å²) in [6, 6.07) is 3.96. The maximum atomic E-state index is 12.0. The molecule has 18 heavy (non-hydrogen) atoms. The number of alkyl halides is 3. The van der Waals surface area contributed by atoms with Crippen LogP contribution in [-0.4, -0.2) is 17.2 Å². The molecule has 1 rings (SSSR count). The Kier molecular flexibility index (Phi) is 5.59. The van der Waals surface area contributed by atoms with E-state index in [-0.39, 0.29) is 18.5 Å². The molecule has 0 aromatic carbocycles. The first-order valence-corrected chi connectivity index (χ1v) is 6.11. The third-order valence-electron chi connectivity index (χ3n) is 2.82. The van der Waals surface area contributed by atoms with Gasteiger partial charge in [0.05, 0.1) is 0 Å². The molecule has 0 aliphatic heterocycles. The minimum absolute atomic E-state index is 0.0579. The summed E-state index contributed by atoms with van der Waals surface area (Å²) in [5.41, 5.74) is 1.04. The molecule has 5 heteroatoms.